The first kappa shape index (κ1) is 10.1. The third-order valence-corrected chi connectivity index (χ3v) is 2.15. The lowest BCUT2D eigenvalue weighted by Crippen LogP contribution is -2.17. The summed E-state index contributed by atoms with van der Waals surface area (Å²) < 4.78 is 0. The molecule has 1 amide bonds. The van der Waals surface area contributed by atoms with Crippen molar-refractivity contribution in [2.24, 2.45) is 5.73 Å². The number of carbonyl (C=O) groups is 2. The molecule has 3 N–H and O–H groups in total. The Bertz CT molecular complexity index is 532. The summed E-state index contributed by atoms with van der Waals surface area (Å²) in [5.41, 5.74) is 5.64. The Morgan fingerprint density at radius 1 is 1.19 bits per heavy atom. The van der Waals surface area contributed by atoms with E-state index in [0.29, 0.717) is 0 Å². The first-order valence-electron chi connectivity index (χ1n) is 4.63. The number of nitrogens with one attached hydrogen (secondary N) is 1. The highest BCUT2D eigenvalue weighted by Gasteiger charge is 2.17. The number of benzene rings is 1. The van der Waals surface area contributed by atoms with Gasteiger partial charge in [0.05, 0.1) is 5.56 Å². The Balaban J connectivity index is 2.49. The van der Waals surface area contributed by atoms with Crippen molar-refractivity contribution < 1.29 is 9.59 Å². The Morgan fingerprint density at radius 3 is 2.44 bits per heavy atom. The maximum absolute atomic E-state index is 11.9. The van der Waals surface area contributed by atoms with Crippen LogP contribution in [-0.2, 0) is 0 Å². The average Bonchev–Trinajstić information content (AvgIpc) is 2.81. The summed E-state index contributed by atoms with van der Waals surface area (Å²) in [6, 6.07) is 6.38. The van der Waals surface area contributed by atoms with Crippen LogP contribution in [0, 0.1) is 0 Å². The van der Waals surface area contributed by atoms with Crippen LogP contribution in [0.15, 0.2) is 36.7 Å². The van der Waals surface area contributed by atoms with E-state index in [4.69, 9.17) is 5.73 Å². The number of H-pyrrole nitrogens is 1. The molecule has 0 bridgehead atoms. The first-order valence-corrected chi connectivity index (χ1v) is 4.63. The van der Waals surface area contributed by atoms with E-state index in [9.17, 15) is 9.59 Å². The number of rotatable bonds is 3. The van der Waals surface area contributed by atoms with E-state index < -0.39 is 5.91 Å². The van der Waals surface area contributed by atoms with Gasteiger partial charge in [-0.2, -0.15) is 0 Å². The number of nitrogens with two attached hydrogens (primary N) is 1. The zero-order chi connectivity index (χ0) is 11.5. The quantitative estimate of drug-likeness (QED) is 0.740. The highest BCUT2D eigenvalue weighted by atomic mass is 16.1. The van der Waals surface area contributed by atoms with Gasteiger partial charge in [0, 0.05) is 18.0 Å². The van der Waals surface area contributed by atoms with E-state index in [-0.39, 0.29) is 22.7 Å². The van der Waals surface area contributed by atoms with Crippen LogP contribution in [0.1, 0.15) is 26.5 Å². The Labute approximate surface area is 91.3 Å². The van der Waals surface area contributed by atoms with Crippen LogP contribution >= 0.6 is 0 Å². The Morgan fingerprint density at radius 2 is 1.88 bits per heavy atom. The van der Waals surface area contributed by atoms with Crippen LogP contribution in [0.5, 0.6) is 0 Å². The van der Waals surface area contributed by atoms with Crippen LogP contribution in [0.4, 0.5) is 0 Å². The Kier molecular flexibility index (Phi) is 2.51. The molecule has 80 valence electrons. The molecule has 1 aromatic carbocycles. The van der Waals surface area contributed by atoms with Crippen LogP contribution in [0.3, 0.4) is 0 Å². The maximum atomic E-state index is 11.9. The number of carbonyl (C=O) groups excluding carboxylic acids is 2. The standard InChI is InChI=1S/C11H9N3O2/c12-10(16)8-4-2-1-3-7(8)9(15)11-13-5-6-14-11/h1-6H,(H2,12,16)(H,13,14). The number of amides is 1. The molecule has 0 aliphatic carbocycles. The second-order valence-corrected chi connectivity index (χ2v) is 3.18. The molecular formula is C11H9N3O2. The molecule has 0 saturated heterocycles. The summed E-state index contributed by atoms with van der Waals surface area (Å²) in [6.45, 7) is 0. The van der Waals surface area contributed by atoms with E-state index in [0.717, 1.165) is 0 Å². The second kappa shape index (κ2) is 3.98. The van der Waals surface area contributed by atoms with Gasteiger partial charge in [0.2, 0.25) is 11.7 Å². The summed E-state index contributed by atoms with van der Waals surface area (Å²) in [4.78, 5) is 29.6. The van der Waals surface area contributed by atoms with Crippen molar-refractivity contribution in [1.29, 1.82) is 0 Å². The van der Waals surface area contributed by atoms with Crippen molar-refractivity contribution in [2.75, 3.05) is 0 Å². The van der Waals surface area contributed by atoms with Gasteiger partial charge in [0.25, 0.3) is 0 Å². The summed E-state index contributed by atoms with van der Waals surface area (Å²) in [7, 11) is 0. The van der Waals surface area contributed by atoms with E-state index in [1.165, 1.54) is 12.3 Å². The van der Waals surface area contributed by atoms with Crippen LogP contribution in [0.25, 0.3) is 0 Å². The molecule has 0 saturated carbocycles. The van der Waals surface area contributed by atoms with Gasteiger partial charge in [0.1, 0.15) is 0 Å². The molecule has 0 radical (unpaired) electrons. The molecular weight excluding hydrogens is 206 g/mol. The molecule has 0 fully saturated rings. The van der Waals surface area contributed by atoms with Crippen molar-refractivity contribution in [2.45, 2.75) is 0 Å². The largest absolute Gasteiger partial charge is 0.366 e. The fraction of sp³-hybridized carbons (Fsp3) is 0. The van der Waals surface area contributed by atoms with Crippen molar-refractivity contribution in [3.63, 3.8) is 0 Å². The Hall–Kier alpha value is -2.43. The monoisotopic (exact) mass is 215 g/mol. The van der Waals surface area contributed by atoms with Gasteiger partial charge in [-0.25, -0.2) is 4.98 Å². The molecule has 0 aliphatic rings. The maximum Gasteiger partial charge on any atom is 0.249 e. The number of hydrogen-bond donors (Lipinski definition) is 2. The number of ketones is 1. The smallest absolute Gasteiger partial charge is 0.249 e. The summed E-state index contributed by atoms with van der Waals surface area (Å²) >= 11 is 0. The normalized spacial score (nSPS) is 10.0. The van der Waals surface area contributed by atoms with Gasteiger partial charge in [0.15, 0.2) is 5.82 Å². The zero-order valence-electron chi connectivity index (χ0n) is 8.31. The van der Waals surface area contributed by atoms with E-state index in [1.807, 2.05) is 0 Å². The average molecular weight is 215 g/mol. The van der Waals surface area contributed by atoms with Crippen LogP contribution in [-0.4, -0.2) is 21.7 Å². The predicted molar refractivity (Wildman–Crippen MR) is 57.0 cm³/mol. The summed E-state index contributed by atoms with van der Waals surface area (Å²) in [5, 5.41) is 0. The molecule has 0 spiro atoms. The van der Waals surface area contributed by atoms with Gasteiger partial charge >= 0.3 is 0 Å². The van der Waals surface area contributed by atoms with Crippen molar-refractivity contribution in [3.05, 3.63) is 53.6 Å². The number of aromatic amines is 1. The van der Waals surface area contributed by atoms with E-state index in [2.05, 4.69) is 9.97 Å². The minimum Gasteiger partial charge on any atom is -0.366 e. The lowest BCUT2D eigenvalue weighted by molar-refractivity contribution is 0.0978. The SMILES string of the molecule is NC(=O)c1ccccc1C(=O)c1ncc[nH]1. The van der Waals surface area contributed by atoms with Gasteiger partial charge in [-0.05, 0) is 6.07 Å². The minimum absolute atomic E-state index is 0.189. The fourth-order valence-electron chi connectivity index (χ4n) is 1.41. The van der Waals surface area contributed by atoms with Gasteiger partial charge in [-0.1, -0.05) is 18.2 Å². The molecule has 5 heteroatoms. The molecule has 0 aliphatic heterocycles. The van der Waals surface area contributed by atoms with Gasteiger partial charge in [-0.15, -0.1) is 0 Å². The number of imidazole rings is 1. The molecule has 1 aromatic heterocycles. The lowest BCUT2D eigenvalue weighted by Gasteiger charge is -2.02. The van der Waals surface area contributed by atoms with E-state index in [1.54, 1.807) is 24.4 Å². The lowest BCUT2D eigenvalue weighted by atomic mass is 10.0. The first-order chi connectivity index (χ1) is 7.70. The van der Waals surface area contributed by atoms with Gasteiger partial charge in [-0.3, -0.25) is 9.59 Å². The summed E-state index contributed by atoms with van der Waals surface area (Å²) in [6.07, 6.45) is 3.01. The number of hydrogen-bond acceptors (Lipinski definition) is 3. The topological polar surface area (TPSA) is 88.8 Å². The molecule has 0 unspecified atom stereocenters. The summed E-state index contributed by atoms with van der Waals surface area (Å²) in [5.74, 6) is -0.788. The molecule has 16 heavy (non-hydrogen) atoms. The fourth-order valence-corrected chi connectivity index (χ4v) is 1.41. The molecule has 1 heterocycles. The highest BCUT2D eigenvalue weighted by Crippen LogP contribution is 2.11. The number of aromatic nitrogens is 2. The molecule has 0 atom stereocenters. The van der Waals surface area contributed by atoms with Crippen LogP contribution in [0.2, 0.25) is 0 Å². The number of primary amides is 1. The highest BCUT2D eigenvalue weighted by molar-refractivity contribution is 6.13. The minimum atomic E-state index is -0.629. The zero-order valence-corrected chi connectivity index (χ0v) is 8.31. The van der Waals surface area contributed by atoms with Crippen LogP contribution < -0.4 is 5.73 Å². The van der Waals surface area contributed by atoms with Gasteiger partial charge < -0.3 is 10.7 Å². The van der Waals surface area contributed by atoms with Crippen molar-refractivity contribution >= 4 is 11.7 Å². The predicted octanol–water partition coefficient (Wildman–Crippen LogP) is 0.740. The van der Waals surface area contributed by atoms with E-state index >= 15 is 0 Å². The second-order valence-electron chi connectivity index (χ2n) is 3.18. The van der Waals surface area contributed by atoms with Crippen molar-refractivity contribution in [1.82, 2.24) is 9.97 Å². The molecule has 5 nitrogen and oxygen atoms in total. The third-order valence-electron chi connectivity index (χ3n) is 2.15. The number of nitrogens with zero attached hydrogens (tertiary/aromatic N) is 1. The molecule has 2 aromatic rings. The van der Waals surface area contributed by atoms with Crippen molar-refractivity contribution in [3.8, 4) is 0 Å². The third kappa shape index (κ3) is 1.70. The molecule has 2 rings (SSSR count).